The summed E-state index contributed by atoms with van der Waals surface area (Å²) in [5.74, 6) is 0.612. The molecular weight excluding hydrogens is 225 g/mol. The lowest BCUT2D eigenvalue weighted by atomic mass is 9.76. The third kappa shape index (κ3) is 2.18. The topological polar surface area (TPSA) is 26.0 Å². The molecule has 0 amide bonds. The number of aryl methyl sites for hydroxylation is 1. The first kappa shape index (κ1) is 12.2. The summed E-state index contributed by atoms with van der Waals surface area (Å²) in [6.45, 7) is 0.191. The van der Waals surface area contributed by atoms with Gasteiger partial charge in [0, 0.05) is 6.54 Å². The van der Waals surface area contributed by atoms with Crippen LogP contribution in [0.15, 0.2) is 24.3 Å². The van der Waals surface area contributed by atoms with E-state index in [1.807, 2.05) is 0 Å². The Morgan fingerprint density at radius 1 is 1.22 bits per heavy atom. The fourth-order valence-electron chi connectivity index (χ4n) is 3.49. The summed E-state index contributed by atoms with van der Waals surface area (Å²) < 4.78 is 14.9. The van der Waals surface area contributed by atoms with Crippen LogP contribution in [0, 0.1) is 5.92 Å². The fourth-order valence-corrected chi connectivity index (χ4v) is 3.49. The Bertz CT molecular complexity index is 427. The predicted molar refractivity (Wildman–Crippen MR) is 72.4 cm³/mol. The number of hydrogen-bond acceptors (Lipinski definition) is 1. The van der Waals surface area contributed by atoms with E-state index in [4.69, 9.17) is 5.73 Å². The average Bonchev–Trinajstić information content (AvgIpc) is 3.24. The van der Waals surface area contributed by atoms with Gasteiger partial charge in [-0.05, 0) is 61.5 Å². The molecule has 2 unspecified atom stereocenters. The minimum absolute atomic E-state index is 0.191. The van der Waals surface area contributed by atoms with Gasteiger partial charge in [-0.15, -0.1) is 0 Å². The second-order valence-corrected chi connectivity index (χ2v) is 6.01. The quantitative estimate of drug-likeness (QED) is 0.864. The molecule has 1 aromatic carbocycles. The van der Waals surface area contributed by atoms with E-state index < -0.39 is 5.67 Å². The molecule has 2 aliphatic rings. The molecule has 2 aliphatic carbocycles. The number of benzene rings is 1. The largest absolute Gasteiger partial charge is 0.328 e. The van der Waals surface area contributed by atoms with Gasteiger partial charge in [0.2, 0.25) is 0 Å². The first-order valence-electron chi connectivity index (χ1n) is 7.20. The molecular formula is C16H22FN. The standard InChI is InChI=1S/C16H22FN/c17-16(11-18,14-8-9-14)10-13-6-3-5-12-4-1-2-7-15(12)13/h1-2,4,7,13-14H,3,5-6,8-11,18H2. The summed E-state index contributed by atoms with van der Waals surface area (Å²) in [4.78, 5) is 0. The molecule has 0 heterocycles. The van der Waals surface area contributed by atoms with Crippen molar-refractivity contribution in [3.63, 3.8) is 0 Å². The number of hydrogen-bond donors (Lipinski definition) is 1. The van der Waals surface area contributed by atoms with Crippen LogP contribution >= 0.6 is 0 Å². The summed E-state index contributed by atoms with van der Waals surface area (Å²) in [7, 11) is 0. The van der Waals surface area contributed by atoms with E-state index in [9.17, 15) is 4.39 Å². The Labute approximate surface area is 109 Å². The monoisotopic (exact) mass is 247 g/mol. The maximum atomic E-state index is 14.9. The number of nitrogens with two attached hydrogens (primary N) is 1. The molecule has 0 bridgehead atoms. The van der Waals surface area contributed by atoms with Crippen molar-refractivity contribution in [3.05, 3.63) is 35.4 Å². The molecule has 2 heteroatoms. The maximum Gasteiger partial charge on any atom is 0.126 e. The van der Waals surface area contributed by atoms with Gasteiger partial charge in [0.15, 0.2) is 0 Å². The van der Waals surface area contributed by atoms with Gasteiger partial charge in [0.25, 0.3) is 0 Å². The van der Waals surface area contributed by atoms with Crippen LogP contribution in [0.3, 0.4) is 0 Å². The lowest BCUT2D eigenvalue weighted by molar-refractivity contribution is 0.116. The van der Waals surface area contributed by atoms with Crippen LogP contribution in [0.5, 0.6) is 0 Å². The molecule has 98 valence electrons. The molecule has 0 aliphatic heterocycles. The first-order chi connectivity index (χ1) is 8.73. The van der Waals surface area contributed by atoms with Crippen LogP contribution in [0.25, 0.3) is 0 Å². The normalized spacial score (nSPS) is 26.4. The molecule has 0 spiro atoms. The van der Waals surface area contributed by atoms with E-state index in [1.165, 1.54) is 17.5 Å². The Balaban J connectivity index is 1.81. The lowest BCUT2D eigenvalue weighted by Crippen LogP contribution is -2.37. The summed E-state index contributed by atoms with van der Waals surface area (Å²) in [5.41, 5.74) is 7.39. The van der Waals surface area contributed by atoms with Crippen molar-refractivity contribution in [2.45, 2.75) is 50.1 Å². The highest BCUT2D eigenvalue weighted by Crippen LogP contribution is 2.48. The van der Waals surface area contributed by atoms with E-state index in [0.29, 0.717) is 12.3 Å². The number of halogens is 1. The minimum Gasteiger partial charge on any atom is -0.328 e. The van der Waals surface area contributed by atoms with Crippen molar-refractivity contribution in [2.75, 3.05) is 6.54 Å². The lowest BCUT2D eigenvalue weighted by Gasteiger charge is -2.32. The molecule has 0 aromatic heterocycles. The Hall–Kier alpha value is -0.890. The van der Waals surface area contributed by atoms with Crippen LogP contribution in [-0.2, 0) is 6.42 Å². The van der Waals surface area contributed by atoms with E-state index >= 15 is 0 Å². The van der Waals surface area contributed by atoms with E-state index in [-0.39, 0.29) is 12.5 Å². The van der Waals surface area contributed by atoms with E-state index in [2.05, 4.69) is 24.3 Å². The Morgan fingerprint density at radius 2 is 2.00 bits per heavy atom. The van der Waals surface area contributed by atoms with E-state index in [1.54, 1.807) is 0 Å². The summed E-state index contributed by atoms with van der Waals surface area (Å²) in [6, 6.07) is 8.55. The van der Waals surface area contributed by atoms with Crippen molar-refractivity contribution < 1.29 is 4.39 Å². The van der Waals surface area contributed by atoms with Crippen molar-refractivity contribution in [3.8, 4) is 0 Å². The average molecular weight is 247 g/mol. The molecule has 1 fully saturated rings. The molecule has 1 saturated carbocycles. The number of alkyl halides is 1. The Kier molecular flexibility index (Phi) is 3.14. The zero-order valence-electron chi connectivity index (χ0n) is 10.9. The van der Waals surface area contributed by atoms with Crippen LogP contribution in [0.2, 0.25) is 0 Å². The number of fused-ring (bicyclic) bond motifs is 1. The SMILES string of the molecule is NCC(F)(CC1CCCc2ccccc21)C1CC1. The van der Waals surface area contributed by atoms with Gasteiger partial charge < -0.3 is 5.73 Å². The van der Waals surface area contributed by atoms with Crippen molar-refractivity contribution >= 4 is 0 Å². The molecule has 3 rings (SSSR count). The van der Waals surface area contributed by atoms with Gasteiger partial charge in [0.05, 0.1) is 0 Å². The van der Waals surface area contributed by atoms with Crippen LogP contribution in [0.1, 0.15) is 49.1 Å². The van der Waals surface area contributed by atoms with Crippen molar-refractivity contribution in [1.82, 2.24) is 0 Å². The summed E-state index contributed by atoms with van der Waals surface area (Å²) in [5, 5.41) is 0. The second kappa shape index (κ2) is 4.65. The molecule has 1 aromatic rings. The Morgan fingerprint density at radius 3 is 2.72 bits per heavy atom. The third-order valence-electron chi connectivity index (χ3n) is 4.73. The van der Waals surface area contributed by atoms with Gasteiger partial charge in [-0.2, -0.15) is 0 Å². The van der Waals surface area contributed by atoms with Gasteiger partial charge in [-0.3, -0.25) is 0 Å². The maximum absolute atomic E-state index is 14.9. The summed E-state index contributed by atoms with van der Waals surface area (Å²) >= 11 is 0. The highest BCUT2D eigenvalue weighted by Gasteiger charge is 2.46. The zero-order valence-corrected chi connectivity index (χ0v) is 10.9. The molecule has 2 N–H and O–H groups in total. The van der Waals surface area contributed by atoms with Crippen molar-refractivity contribution in [1.29, 1.82) is 0 Å². The van der Waals surface area contributed by atoms with Gasteiger partial charge in [-0.1, -0.05) is 24.3 Å². The molecule has 1 nitrogen and oxygen atoms in total. The number of rotatable bonds is 4. The second-order valence-electron chi connectivity index (χ2n) is 6.01. The van der Waals surface area contributed by atoms with Gasteiger partial charge >= 0.3 is 0 Å². The van der Waals surface area contributed by atoms with Gasteiger partial charge in [0.1, 0.15) is 5.67 Å². The van der Waals surface area contributed by atoms with Crippen LogP contribution < -0.4 is 5.73 Å². The fraction of sp³-hybridized carbons (Fsp3) is 0.625. The highest BCUT2D eigenvalue weighted by atomic mass is 19.1. The van der Waals surface area contributed by atoms with Crippen LogP contribution in [0.4, 0.5) is 4.39 Å². The van der Waals surface area contributed by atoms with Crippen molar-refractivity contribution in [2.24, 2.45) is 11.7 Å². The van der Waals surface area contributed by atoms with Gasteiger partial charge in [-0.25, -0.2) is 4.39 Å². The summed E-state index contributed by atoms with van der Waals surface area (Å²) in [6.07, 6.45) is 6.15. The van der Waals surface area contributed by atoms with E-state index in [0.717, 1.165) is 25.7 Å². The molecule has 0 radical (unpaired) electrons. The minimum atomic E-state index is -1.12. The first-order valence-corrected chi connectivity index (χ1v) is 7.20. The molecule has 2 atom stereocenters. The predicted octanol–water partition coefficient (Wildman–Crippen LogP) is 3.57. The molecule has 18 heavy (non-hydrogen) atoms. The van der Waals surface area contributed by atoms with Crippen LogP contribution in [-0.4, -0.2) is 12.2 Å². The smallest absolute Gasteiger partial charge is 0.126 e. The third-order valence-corrected chi connectivity index (χ3v) is 4.73. The highest BCUT2D eigenvalue weighted by molar-refractivity contribution is 5.33. The molecule has 0 saturated heterocycles. The zero-order chi connectivity index (χ0) is 12.6.